The number of hydrogen-bond acceptors (Lipinski definition) is 4. The molecule has 0 aliphatic carbocycles. The molecule has 256 valence electrons. The molecule has 0 aliphatic heterocycles. The van der Waals surface area contributed by atoms with E-state index in [4.69, 9.17) is 0 Å². The van der Waals surface area contributed by atoms with Gasteiger partial charge in [0.1, 0.15) is 6.10 Å². The second-order valence-electron chi connectivity index (χ2n) is 13.1. The van der Waals surface area contributed by atoms with Crippen molar-refractivity contribution in [2.45, 2.75) is 218 Å². The lowest BCUT2D eigenvalue weighted by molar-refractivity contribution is -0.131. The number of allylic oxidation sites excluding steroid dienone is 1. The van der Waals surface area contributed by atoms with E-state index >= 15 is 0 Å². The molecule has 0 saturated carbocycles. The lowest BCUT2D eigenvalue weighted by Gasteiger charge is -2.21. The van der Waals surface area contributed by atoms with E-state index in [0.717, 1.165) is 32.1 Å². The summed E-state index contributed by atoms with van der Waals surface area (Å²) in [5, 5.41) is 32.9. The third-order valence-electron chi connectivity index (χ3n) is 8.88. The van der Waals surface area contributed by atoms with Gasteiger partial charge in [-0.1, -0.05) is 193 Å². The molecule has 0 bridgehead atoms. The topological polar surface area (TPSA) is 89.8 Å². The maximum absolute atomic E-state index is 12.4. The van der Waals surface area contributed by atoms with E-state index < -0.39 is 24.2 Å². The third-order valence-corrected chi connectivity index (χ3v) is 8.88. The molecular weight excluding hydrogens is 534 g/mol. The Balaban J connectivity index is 3.67. The van der Waals surface area contributed by atoms with Crippen LogP contribution in [0.1, 0.15) is 200 Å². The van der Waals surface area contributed by atoms with Crippen molar-refractivity contribution in [3.8, 4) is 0 Å². The van der Waals surface area contributed by atoms with Gasteiger partial charge in [0, 0.05) is 0 Å². The van der Waals surface area contributed by atoms with Crippen LogP contribution in [0, 0.1) is 0 Å². The number of unbranched alkanes of at least 4 members (excludes halogenated alkanes) is 26. The Bertz CT molecular complexity index is 596. The lowest BCUT2D eigenvalue weighted by Crippen LogP contribution is -2.48. The van der Waals surface area contributed by atoms with Crippen LogP contribution in [-0.2, 0) is 4.79 Å². The van der Waals surface area contributed by atoms with Gasteiger partial charge in [-0.3, -0.25) is 4.79 Å². The van der Waals surface area contributed by atoms with E-state index in [0.29, 0.717) is 6.42 Å². The molecular formula is C38H75NO4. The van der Waals surface area contributed by atoms with E-state index in [1.165, 1.54) is 148 Å². The van der Waals surface area contributed by atoms with E-state index in [9.17, 15) is 20.1 Å². The van der Waals surface area contributed by atoms with Gasteiger partial charge in [-0.25, -0.2) is 0 Å². The van der Waals surface area contributed by atoms with Crippen molar-refractivity contribution in [2.24, 2.45) is 0 Å². The SMILES string of the molecule is CCCCCCCCCCC/C=C/[C@@H](O)[C@H](CO)NC(=O)C(O)CCCCCCCCCCCCCCCCCCCC. The minimum Gasteiger partial charge on any atom is -0.394 e. The number of nitrogens with one attached hydrogen (secondary N) is 1. The van der Waals surface area contributed by atoms with Crippen molar-refractivity contribution >= 4 is 5.91 Å². The Morgan fingerprint density at radius 2 is 0.907 bits per heavy atom. The van der Waals surface area contributed by atoms with Crippen LogP contribution >= 0.6 is 0 Å². The van der Waals surface area contributed by atoms with Crippen LogP contribution in [0.5, 0.6) is 0 Å². The van der Waals surface area contributed by atoms with Crippen LogP contribution in [0.2, 0.25) is 0 Å². The van der Waals surface area contributed by atoms with Gasteiger partial charge in [-0.2, -0.15) is 0 Å². The molecule has 5 heteroatoms. The molecule has 1 amide bonds. The fourth-order valence-corrected chi connectivity index (χ4v) is 5.83. The van der Waals surface area contributed by atoms with Gasteiger partial charge in [0.2, 0.25) is 5.91 Å². The maximum Gasteiger partial charge on any atom is 0.249 e. The highest BCUT2D eigenvalue weighted by Gasteiger charge is 2.22. The molecule has 4 N–H and O–H groups in total. The smallest absolute Gasteiger partial charge is 0.249 e. The van der Waals surface area contributed by atoms with Crippen molar-refractivity contribution in [2.75, 3.05) is 6.61 Å². The highest BCUT2D eigenvalue weighted by molar-refractivity contribution is 5.80. The zero-order chi connectivity index (χ0) is 31.6. The van der Waals surface area contributed by atoms with Gasteiger partial charge in [0.15, 0.2) is 0 Å². The second kappa shape index (κ2) is 34.0. The molecule has 0 aromatic carbocycles. The number of amides is 1. The van der Waals surface area contributed by atoms with Crippen LogP contribution in [0.4, 0.5) is 0 Å². The Morgan fingerprint density at radius 3 is 1.28 bits per heavy atom. The predicted octanol–water partition coefficient (Wildman–Crippen LogP) is 10.1. The number of carbonyl (C=O) groups excluding carboxylic acids is 1. The summed E-state index contributed by atoms with van der Waals surface area (Å²) in [7, 11) is 0. The molecule has 0 saturated heterocycles. The fourth-order valence-electron chi connectivity index (χ4n) is 5.83. The van der Waals surface area contributed by atoms with Crippen molar-refractivity contribution in [3.05, 3.63) is 12.2 Å². The summed E-state index contributed by atoms with van der Waals surface area (Å²) in [5.41, 5.74) is 0. The maximum atomic E-state index is 12.4. The van der Waals surface area contributed by atoms with Gasteiger partial charge in [0.25, 0.3) is 0 Å². The molecule has 0 rings (SSSR count). The minimum absolute atomic E-state index is 0.360. The molecule has 0 fully saturated rings. The molecule has 0 spiro atoms. The van der Waals surface area contributed by atoms with Crippen molar-refractivity contribution in [3.63, 3.8) is 0 Å². The summed E-state index contributed by atoms with van der Waals surface area (Å²) in [6.07, 6.45) is 38.0. The predicted molar refractivity (Wildman–Crippen MR) is 185 cm³/mol. The van der Waals surface area contributed by atoms with Gasteiger partial charge in [-0.05, 0) is 19.3 Å². The second-order valence-corrected chi connectivity index (χ2v) is 13.1. The normalized spacial score (nSPS) is 13.9. The molecule has 0 heterocycles. The zero-order valence-electron chi connectivity index (χ0n) is 28.8. The fraction of sp³-hybridized carbons (Fsp3) is 0.921. The van der Waals surface area contributed by atoms with Crippen molar-refractivity contribution < 1.29 is 20.1 Å². The summed E-state index contributed by atoms with van der Waals surface area (Å²) < 4.78 is 0. The molecule has 3 atom stereocenters. The average Bonchev–Trinajstić information content (AvgIpc) is 3.01. The number of aliphatic hydroxyl groups is 3. The number of carbonyl (C=O) groups is 1. The van der Waals surface area contributed by atoms with Crippen molar-refractivity contribution in [1.82, 2.24) is 5.32 Å². The average molecular weight is 610 g/mol. The Labute approximate surface area is 268 Å². The van der Waals surface area contributed by atoms with Crippen LogP contribution < -0.4 is 5.32 Å². The number of hydrogen-bond donors (Lipinski definition) is 4. The molecule has 0 aliphatic rings. The summed E-state index contributed by atoms with van der Waals surface area (Å²) >= 11 is 0. The van der Waals surface area contributed by atoms with Crippen LogP contribution in [0.25, 0.3) is 0 Å². The Morgan fingerprint density at radius 1 is 0.558 bits per heavy atom. The first-order valence-electron chi connectivity index (χ1n) is 19.0. The quantitative estimate of drug-likeness (QED) is 0.0432. The van der Waals surface area contributed by atoms with Crippen LogP contribution in [0.3, 0.4) is 0 Å². The Hall–Kier alpha value is -0.910. The first kappa shape index (κ1) is 42.1. The van der Waals surface area contributed by atoms with Crippen LogP contribution in [0.15, 0.2) is 12.2 Å². The van der Waals surface area contributed by atoms with E-state index in [1.807, 2.05) is 6.08 Å². The van der Waals surface area contributed by atoms with Crippen molar-refractivity contribution in [1.29, 1.82) is 0 Å². The highest BCUT2D eigenvalue weighted by Crippen LogP contribution is 2.15. The van der Waals surface area contributed by atoms with E-state index in [2.05, 4.69) is 19.2 Å². The summed E-state index contributed by atoms with van der Waals surface area (Å²) in [6, 6.07) is -0.790. The monoisotopic (exact) mass is 610 g/mol. The van der Waals surface area contributed by atoms with E-state index in [1.54, 1.807) is 6.08 Å². The Kier molecular flexibility index (Phi) is 33.3. The molecule has 1 unspecified atom stereocenters. The number of rotatable bonds is 34. The van der Waals surface area contributed by atoms with Gasteiger partial charge >= 0.3 is 0 Å². The first-order chi connectivity index (χ1) is 21.1. The first-order valence-corrected chi connectivity index (χ1v) is 19.0. The summed E-state index contributed by atoms with van der Waals surface area (Å²) in [6.45, 7) is 4.16. The van der Waals surface area contributed by atoms with E-state index in [-0.39, 0.29) is 6.61 Å². The zero-order valence-corrected chi connectivity index (χ0v) is 28.8. The molecule has 0 aromatic heterocycles. The highest BCUT2D eigenvalue weighted by atomic mass is 16.3. The largest absolute Gasteiger partial charge is 0.394 e. The molecule has 43 heavy (non-hydrogen) atoms. The van der Waals surface area contributed by atoms with Crippen LogP contribution in [-0.4, -0.2) is 46.1 Å². The third kappa shape index (κ3) is 29.6. The summed E-state index contributed by atoms with van der Waals surface area (Å²) in [4.78, 5) is 12.4. The standard InChI is InChI=1S/C38H75NO4/c1-3-5-7-9-11-13-15-16-17-18-19-20-21-23-25-27-29-31-33-37(42)38(43)39-35(34-40)36(41)32-30-28-26-24-22-14-12-10-8-6-4-2/h30,32,35-37,40-42H,3-29,31,33-34H2,1-2H3,(H,39,43)/b32-30+/t35-,36+,37?/m0/s1. The molecule has 5 nitrogen and oxygen atoms in total. The summed E-state index contributed by atoms with van der Waals surface area (Å²) in [5.74, 6) is -0.502. The minimum atomic E-state index is -1.09. The van der Waals surface area contributed by atoms with Gasteiger partial charge in [-0.15, -0.1) is 0 Å². The molecule has 0 aromatic rings. The number of aliphatic hydroxyl groups excluding tert-OH is 3. The molecule has 0 radical (unpaired) electrons. The van der Waals surface area contributed by atoms with Gasteiger partial charge in [0.05, 0.1) is 18.8 Å². The lowest BCUT2D eigenvalue weighted by atomic mass is 10.0. The van der Waals surface area contributed by atoms with Gasteiger partial charge < -0.3 is 20.6 Å².